The lowest BCUT2D eigenvalue weighted by Crippen LogP contribution is -2.56. The number of hydrogen-bond acceptors (Lipinski definition) is 5. The molecule has 0 aliphatic heterocycles. The Morgan fingerprint density at radius 3 is 2.10 bits per heavy atom. The number of anilines is 1. The van der Waals surface area contributed by atoms with Crippen LogP contribution in [0.2, 0.25) is 5.02 Å². The maximum atomic E-state index is 14.1. The molecule has 2 amide bonds. The second-order valence-corrected chi connectivity index (χ2v) is 12.9. The number of sulfonamides is 1. The molecule has 1 N–H and O–H groups in total. The summed E-state index contributed by atoms with van der Waals surface area (Å²) >= 11 is 6.09. The summed E-state index contributed by atoms with van der Waals surface area (Å²) in [7, 11) is -2.47. The fraction of sp³-hybridized carbons (Fsp3) is 0.333. The number of amides is 2. The Labute approximate surface area is 241 Å². The van der Waals surface area contributed by atoms with Gasteiger partial charge < -0.3 is 15.0 Å². The highest BCUT2D eigenvalue weighted by Crippen LogP contribution is 2.30. The van der Waals surface area contributed by atoms with E-state index in [4.69, 9.17) is 16.3 Å². The van der Waals surface area contributed by atoms with Gasteiger partial charge in [-0.3, -0.25) is 13.9 Å². The normalized spacial score (nSPS) is 12.3. The van der Waals surface area contributed by atoms with Gasteiger partial charge in [-0.1, -0.05) is 66.2 Å². The molecule has 0 saturated heterocycles. The van der Waals surface area contributed by atoms with Crippen LogP contribution in [-0.2, 0) is 32.6 Å². The predicted octanol–water partition coefficient (Wildman–Crippen LogP) is 4.67. The van der Waals surface area contributed by atoms with E-state index in [1.165, 1.54) is 12.0 Å². The quantitative estimate of drug-likeness (QED) is 0.353. The third-order valence-electron chi connectivity index (χ3n) is 6.07. The van der Waals surface area contributed by atoms with Gasteiger partial charge in [-0.15, -0.1) is 0 Å². The van der Waals surface area contributed by atoms with E-state index in [-0.39, 0.29) is 24.6 Å². The van der Waals surface area contributed by atoms with Crippen molar-refractivity contribution in [1.29, 1.82) is 0 Å². The first-order valence-electron chi connectivity index (χ1n) is 12.8. The molecule has 3 aromatic rings. The zero-order valence-electron chi connectivity index (χ0n) is 23.4. The van der Waals surface area contributed by atoms with Crippen LogP contribution in [0, 0.1) is 0 Å². The standard InChI is InChI=1S/C30H36ClN3O5S/c1-30(2,3)32-29(36)26(19-22-11-7-6-8-12-22)33(20-23-15-17-24(31)18-16-23)28(35)21-34(40(5,37)38)25-13-9-10-14-27(25)39-4/h6-18,26H,19-21H2,1-5H3,(H,32,36)/t26-/m0/s1. The monoisotopic (exact) mass is 585 g/mol. The zero-order chi connectivity index (χ0) is 29.5. The highest BCUT2D eigenvalue weighted by Gasteiger charge is 2.34. The summed E-state index contributed by atoms with van der Waals surface area (Å²) < 4.78 is 32.3. The Bertz CT molecular complexity index is 1410. The molecule has 0 bridgehead atoms. The van der Waals surface area contributed by atoms with Gasteiger partial charge in [0.15, 0.2) is 0 Å². The van der Waals surface area contributed by atoms with Crippen molar-refractivity contribution in [2.24, 2.45) is 0 Å². The zero-order valence-corrected chi connectivity index (χ0v) is 25.0. The maximum Gasteiger partial charge on any atom is 0.244 e. The molecular formula is C30H36ClN3O5S. The van der Waals surface area contributed by atoms with Crippen LogP contribution >= 0.6 is 11.6 Å². The van der Waals surface area contributed by atoms with Gasteiger partial charge in [0.05, 0.1) is 19.1 Å². The number of nitrogens with zero attached hydrogens (tertiary/aromatic N) is 2. The van der Waals surface area contributed by atoms with Crippen molar-refractivity contribution < 1.29 is 22.7 Å². The van der Waals surface area contributed by atoms with Crippen LogP contribution in [0.4, 0.5) is 5.69 Å². The van der Waals surface area contributed by atoms with Crippen LogP contribution in [0.1, 0.15) is 31.9 Å². The van der Waals surface area contributed by atoms with Gasteiger partial charge in [0.25, 0.3) is 0 Å². The number of benzene rings is 3. The molecule has 0 radical (unpaired) electrons. The van der Waals surface area contributed by atoms with Crippen LogP contribution in [0.15, 0.2) is 78.9 Å². The minimum atomic E-state index is -3.90. The van der Waals surface area contributed by atoms with E-state index in [2.05, 4.69) is 5.32 Å². The first kappa shape index (κ1) is 31.0. The van der Waals surface area contributed by atoms with E-state index < -0.39 is 34.1 Å². The fourth-order valence-corrected chi connectivity index (χ4v) is 5.20. The van der Waals surface area contributed by atoms with Gasteiger partial charge >= 0.3 is 0 Å². The second-order valence-electron chi connectivity index (χ2n) is 10.5. The van der Waals surface area contributed by atoms with Gasteiger partial charge in [-0.25, -0.2) is 8.42 Å². The smallest absolute Gasteiger partial charge is 0.244 e. The summed E-state index contributed by atoms with van der Waals surface area (Å²) in [6.45, 7) is 5.13. The Kier molecular flexibility index (Phi) is 10.2. The lowest BCUT2D eigenvalue weighted by atomic mass is 10.0. The number of methoxy groups -OCH3 is 1. The van der Waals surface area contributed by atoms with Crippen LogP contribution in [0.5, 0.6) is 5.75 Å². The highest BCUT2D eigenvalue weighted by atomic mass is 35.5. The first-order valence-corrected chi connectivity index (χ1v) is 15.0. The molecule has 0 aliphatic carbocycles. The van der Waals surface area contributed by atoms with E-state index in [1.54, 1.807) is 48.5 Å². The van der Waals surface area contributed by atoms with Gasteiger partial charge in [0, 0.05) is 23.5 Å². The Hall–Kier alpha value is -3.56. The van der Waals surface area contributed by atoms with Crippen molar-refractivity contribution in [2.75, 3.05) is 24.2 Å². The third-order valence-corrected chi connectivity index (χ3v) is 7.45. The van der Waals surface area contributed by atoms with E-state index in [1.807, 2.05) is 51.1 Å². The molecule has 0 aliphatic rings. The second kappa shape index (κ2) is 13.2. The SMILES string of the molecule is COc1ccccc1N(CC(=O)N(Cc1ccc(Cl)cc1)[C@@H](Cc1ccccc1)C(=O)NC(C)(C)C)S(C)(=O)=O. The minimum absolute atomic E-state index is 0.0641. The van der Waals surface area contributed by atoms with Gasteiger partial charge in [-0.2, -0.15) is 0 Å². The summed E-state index contributed by atoms with van der Waals surface area (Å²) in [6.07, 6.45) is 1.26. The predicted molar refractivity (Wildman–Crippen MR) is 159 cm³/mol. The first-order chi connectivity index (χ1) is 18.8. The number of nitrogens with one attached hydrogen (secondary N) is 1. The molecule has 3 aromatic carbocycles. The Balaban J connectivity index is 2.09. The molecule has 214 valence electrons. The molecule has 1 atom stereocenters. The molecule has 8 nitrogen and oxygen atoms in total. The summed E-state index contributed by atoms with van der Waals surface area (Å²) in [5, 5.41) is 3.53. The number of carbonyl (C=O) groups is 2. The van der Waals surface area contributed by atoms with Crippen LogP contribution in [-0.4, -0.2) is 56.6 Å². The van der Waals surface area contributed by atoms with E-state index >= 15 is 0 Å². The highest BCUT2D eigenvalue weighted by molar-refractivity contribution is 7.92. The number of para-hydroxylation sites is 2. The van der Waals surface area contributed by atoms with E-state index in [0.29, 0.717) is 10.8 Å². The van der Waals surface area contributed by atoms with Crippen LogP contribution in [0.3, 0.4) is 0 Å². The molecule has 0 heterocycles. The molecule has 3 rings (SSSR count). The van der Waals surface area contributed by atoms with E-state index in [9.17, 15) is 18.0 Å². The Morgan fingerprint density at radius 1 is 0.925 bits per heavy atom. The summed E-state index contributed by atoms with van der Waals surface area (Å²) in [6, 6.07) is 22.0. The van der Waals surface area contributed by atoms with Crippen molar-refractivity contribution in [3.63, 3.8) is 0 Å². The van der Waals surface area contributed by atoms with E-state index in [0.717, 1.165) is 21.7 Å². The Morgan fingerprint density at radius 2 is 1.52 bits per heavy atom. The summed E-state index contributed by atoms with van der Waals surface area (Å²) in [5.74, 6) is -0.588. The van der Waals surface area contributed by atoms with Gasteiger partial charge in [0.2, 0.25) is 21.8 Å². The molecule has 0 unspecified atom stereocenters. The molecule has 0 spiro atoms. The fourth-order valence-electron chi connectivity index (χ4n) is 4.22. The number of carbonyl (C=O) groups excluding carboxylic acids is 2. The van der Waals surface area contributed by atoms with Gasteiger partial charge in [-0.05, 0) is 56.2 Å². The molecule has 0 fully saturated rings. The molecular weight excluding hydrogens is 550 g/mol. The largest absolute Gasteiger partial charge is 0.495 e. The molecule has 10 heteroatoms. The summed E-state index contributed by atoms with van der Waals surface area (Å²) in [4.78, 5) is 29.3. The number of hydrogen-bond donors (Lipinski definition) is 1. The van der Waals surface area contributed by atoms with Crippen molar-refractivity contribution >= 4 is 39.1 Å². The summed E-state index contributed by atoms with van der Waals surface area (Å²) in [5.41, 5.74) is 1.26. The van der Waals surface area contributed by atoms with Crippen molar-refractivity contribution in [3.8, 4) is 5.75 Å². The topological polar surface area (TPSA) is 96.0 Å². The average Bonchev–Trinajstić information content (AvgIpc) is 2.89. The van der Waals surface area contributed by atoms with Crippen LogP contribution < -0.4 is 14.4 Å². The van der Waals surface area contributed by atoms with Gasteiger partial charge in [0.1, 0.15) is 18.3 Å². The number of ether oxygens (including phenoxy) is 1. The van der Waals surface area contributed by atoms with Crippen molar-refractivity contribution in [3.05, 3.63) is 95.0 Å². The lowest BCUT2D eigenvalue weighted by molar-refractivity contribution is -0.140. The van der Waals surface area contributed by atoms with Crippen LogP contribution in [0.25, 0.3) is 0 Å². The minimum Gasteiger partial charge on any atom is -0.495 e. The third kappa shape index (κ3) is 8.72. The molecule has 40 heavy (non-hydrogen) atoms. The van der Waals surface area contributed by atoms with Crippen molar-refractivity contribution in [2.45, 2.75) is 45.3 Å². The van der Waals surface area contributed by atoms with Crippen molar-refractivity contribution in [1.82, 2.24) is 10.2 Å². The lowest BCUT2D eigenvalue weighted by Gasteiger charge is -2.35. The average molecular weight is 586 g/mol. The molecule has 0 aromatic heterocycles. The maximum absolute atomic E-state index is 14.1. The number of rotatable bonds is 11. The molecule has 0 saturated carbocycles. The number of halogens is 1.